The van der Waals surface area contributed by atoms with E-state index in [4.69, 9.17) is 4.74 Å². The Bertz CT molecular complexity index is 575. The fraction of sp³-hybridized carbons (Fsp3) is 0.600. The van der Waals surface area contributed by atoms with Gasteiger partial charge in [0.25, 0.3) is 0 Å². The predicted octanol–water partition coefficient (Wildman–Crippen LogP) is 0.686. The highest BCUT2D eigenvalue weighted by Gasteiger charge is 2.48. The Morgan fingerprint density at radius 1 is 1.19 bits per heavy atom. The molecular weight excluding hydrogens is 290 g/mol. The Balaban J connectivity index is 1.78. The van der Waals surface area contributed by atoms with Crippen molar-refractivity contribution in [3.63, 3.8) is 0 Å². The van der Waals surface area contributed by atoms with Crippen LogP contribution in [-0.2, 0) is 14.6 Å². The van der Waals surface area contributed by atoms with Gasteiger partial charge in [0.15, 0.2) is 9.84 Å². The number of aliphatic hydroxyl groups is 1. The van der Waals surface area contributed by atoms with E-state index in [9.17, 15) is 13.5 Å². The monoisotopic (exact) mass is 311 g/mol. The van der Waals surface area contributed by atoms with Gasteiger partial charge in [-0.05, 0) is 25.0 Å². The van der Waals surface area contributed by atoms with Gasteiger partial charge in [-0.2, -0.15) is 0 Å². The third-order valence-electron chi connectivity index (χ3n) is 4.44. The van der Waals surface area contributed by atoms with Crippen molar-refractivity contribution in [2.75, 3.05) is 32.1 Å². The number of aliphatic hydroxyl groups excluding tert-OH is 1. The number of sulfone groups is 1. The number of rotatable bonds is 4. The molecule has 0 aromatic heterocycles. The minimum atomic E-state index is -3.33. The second-order valence-corrected chi connectivity index (χ2v) is 8.00. The van der Waals surface area contributed by atoms with Crippen molar-refractivity contribution in [1.29, 1.82) is 0 Å². The molecule has 1 aromatic carbocycles. The number of benzene rings is 1. The van der Waals surface area contributed by atoms with Crippen LogP contribution < -0.4 is 0 Å². The van der Waals surface area contributed by atoms with Crippen molar-refractivity contribution < 1.29 is 18.3 Å². The van der Waals surface area contributed by atoms with Crippen LogP contribution in [-0.4, -0.2) is 62.1 Å². The lowest BCUT2D eigenvalue weighted by molar-refractivity contribution is -0.139. The molecule has 0 unspecified atom stereocenters. The molecule has 2 aliphatic heterocycles. The summed E-state index contributed by atoms with van der Waals surface area (Å²) >= 11 is 0. The normalized spacial score (nSPS) is 23.7. The summed E-state index contributed by atoms with van der Waals surface area (Å²) < 4.78 is 30.6. The lowest BCUT2D eigenvalue weighted by atomic mass is 9.93. The van der Waals surface area contributed by atoms with E-state index in [2.05, 4.69) is 4.90 Å². The summed E-state index contributed by atoms with van der Waals surface area (Å²) in [6, 6.07) is 8.58. The van der Waals surface area contributed by atoms with Gasteiger partial charge in [-0.15, -0.1) is 0 Å². The van der Waals surface area contributed by atoms with E-state index in [0.29, 0.717) is 31.0 Å². The molecule has 0 bridgehead atoms. The molecule has 0 atom stereocenters. The number of hydrogen-bond donors (Lipinski definition) is 1. The lowest BCUT2D eigenvalue weighted by Crippen LogP contribution is -2.67. The molecule has 2 aliphatic rings. The van der Waals surface area contributed by atoms with E-state index in [1.54, 1.807) is 24.3 Å². The Labute approximate surface area is 125 Å². The van der Waals surface area contributed by atoms with Crippen LogP contribution in [0.2, 0.25) is 0 Å². The molecule has 116 valence electrons. The molecule has 1 aromatic rings. The summed E-state index contributed by atoms with van der Waals surface area (Å²) in [4.78, 5) is 2.55. The summed E-state index contributed by atoms with van der Waals surface area (Å²) in [6.45, 7) is 2.37. The lowest BCUT2D eigenvalue weighted by Gasteiger charge is -2.51. The number of ether oxygens (including phenoxy) is 1. The van der Waals surface area contributed by atoms with Gasteiger partial charge < -0.3 is 9.84 Å². The van der Waals surface area contributed by atoms with Gasteiger partial charge >= 0.3 is 0 Å². The van der Waals surface area contributed by atoms with Crippen LogP contribution in [0, 0.1) is 0 Å². The quantitative estimate of drug-likeness (QED) is 0.886. The highest BCUT2D eigenvalue weighted by Crippen LogP contribution is 2.31. The number of likely N-dealkylation sites (tertiary alicyclic amines) is 1. The predicted molar refractivity (Wildman–Crippen MR) is 78.9 cm³/mol. The molecular formula is C15H21NO4S. The largest absolute Gasteiger partial charge is 0.393 e. The first kappa shape index (κ1) is 15.0. The molecule has 1 N–H and O–H groups in total. The van der Waals surface area contributed by atoms with Crippen LogP contribution in [0.15, 0.2) is 35.2 Å². The van der Waals surface area contributed by atoms with Crippen LogP contribution in [0.25, 0.3) is 0 Å². The molecule has 0 radical (unpaired) electrons. The van der Waals surface area contributed by atoms with Crippen LogP contribution in [0.4, 0.5) is 0 Å². The first-order valence-electron chi connectivity index (χ1n) is 7.31. The molecule has 5 nitrogen and oxygen atoms in total. The van der Waals surface area contributed by atoms with Gasteiger partial charge in [-0.3, -0.25) is 4.90 Å². The summed E-state index contributed by atoms with van der Waals surface area (Å²) in [5.74, 6) is 0.0834. The zero-order valence-electron chi connectivity index (χ0n) is 11.9. The summed E-state index contributed by atoms with van der Waals surface area (Å²) in [7, 11) is -3.33. The summed E-state index contributed by atoms with van der Waals surface area (Å²) in [6.07, 6.45) is 1.14. The molecule has 0 saturated carbocycles. The van der Waals surface area contributed by atoms with Gasteiger partial charge in [0, 0.05) is 13.1 Å². The average molecular weight is 311 g/mol. The summed E-state index contributed by atoms with van der Waals surface area (Å²) in [5, 5.41) is 9.62. The highest BCUT2D eigenvalue weighted by molar-refractivity contribution is 7.91. The van der Waals surface area contributed by atoms with Gasteiger partial charge in [0.05, 0.1) is 35.5 Å². The van der Waals surface area contributed by atoms with Crippen LogP contribution in [0.3, 0.4) is 0 Å². The van der Waals surface area contributed by atoms with Crippen LogP contribution in [0.1, 0.15) is 12.8 Å². The van der Waals surface area contributed by atoms with Crippen molar-refractivity contribution in [2.45, 2.75) is 29.4 Å². The van der Waals surface area contributed by atoms with E-state index in [1.807, 2.05) is 6.07 Å². The molecule has 6 heteroatoms. The Hall–Kier alpha value is -0.950. The SMILES string of the molecule is O=S(=O)(CC1(N2CCC(O)CC2)COC1)c1ccccc1. The molecule has 3 rings (SSSR count). The zero-order chi connectivity index (χ0) is 14.9. The fourth-order valence-electron chi connectivity index (χ4n) is 3.10. The molecule has 0 aliphatic carbocycles. The maximum atomic E-state index is 12.6. The third kappa shape index (κ3) is 2.99. The van der Waals surface area contributed by atoms with E-state index in [1.165, 1.54) is 0 Å². The molecule has 0 spiro atoms. The van der Waals surface area contributed by atoms with Crippen molar-refractivity contribution in [2.24, 2.45) is 0 Å². The highest BCUT2D eigenvalue weighted by atomic mass is 32.2. The molecule has 2 heterocycles. The van der Waals surface area contributed by atoms with E-state index < -0.39 is 15.4 Å². The molecule has 21 heavy (non-hydrogen) atoms. The van der Waals surface area contributed by atoms with Gasteiger partial charge in [-0.25, -0.2) is 8.42 Å². The summed E-state index contributed by atoms with van der Waals surface area (Å²) in [5.41, 5.74) is -0.422. The van der Waals surface area contributed by atoms with Gasteiger partial charge in [-0.1, -0.05) is 18.2 Å². The second kappa shape index (κ2) is 5.68. The standard InChI is InChI=1S/C15H21NO4S/c17-13-6-8-16(9-7-13)15(10-20-11-15)12-21(18,19)14-4-2-1-3-5-14/h1-5,13,17H,6-12H2. The number of piperidine rings is 1. The van der Waals surface area contributed by atoms with Crippen molar-refractivity contribution in [1.82, 2.24) is 4.90 Å². The first-order chi connectivity index (χ1) is 10.0. The Kier molecular flexibility index (Phi) is 4.05. The van der Waals surface area contributed by atoms with Gasteiger partial charge in [0.1, 0.15) is 0 Å². The average Bonchev–Trinajstić information content (AvgIpc) is 2.45. The Morgan fingerprint density at radius 2 is 1.81 bits per heavy atom. The minimum absolute atomic E-state index is 0.0834. The topological polar surface area (TPSA) is 66.8 Å². The van der Waals surface area contributed by atoms with Gasteiger partial charge in [0.2, 0.25) is 0 Å². The maximum absolute atomic E-state index is 12.6. The minimum Gasteiger partial charge on any atom is -0.393 e. The van der Waals surface area contributed by atoms with E-state index in [0.717, 1.165) is 13.1 Å². The maximum Gasteiger partial charge on any atom is 0.180 e. The molecule has 2 saturated heterocycles. The van der Waals surface area contributed by atoms with Crippen LogP contribution in [0.5, 0.6) is 0 Å². The van der Waals surface area contributed by atoms with Crippen molar-refractivity contribution in [3.05, 3.63) is 30.3 Å². The number of hydrogen-bond acceptors (Lipinski definition) is 5. The second-order valence-electron chi connectivity index (χ2n) is 6.01. The zero-order valence-corrected chi connectivity index (χ0v) is 12.8. The van der Waals surface area contributed by atoms with E-state index >= 15 is 0 Å². The van der Waals surface area contributed by atoms with Crippen LogP contribution >= 0.6 is 0 Å². The smallest absolute Gasteiger partial charge is 0.180 e. The van der Waals surface area contributed by atoms with Crippen molar-refractivity contribution >= 4 is 9.84 Å². The number of nitrogens with zero attached hydrogens (tertiary/aromatic N) is 1. The third-order valence-corrected chi connectivity index (χ3v) is 6.35. The van der Waals surface area contributed by atoms with E-state index in [-0.39, 0.29) is 11.9 Å². The Morgan fingerprint density at radius 3 is 2.33 bits per heavy atom. The first-order valence-corrected chi connectivity index (χ1v) is 8.96. The molecule has 2 fully saturated rings. The van der Waals surface area contributed by atoms with Crippen molar-refractivity contribution in [3.8, 4) is 0 Å². The fourth-order valence-corrected chi connectivity index (χ4v) is 4.90. The molecule has 0 amide bonds.